The van der Waals surface area contributed by atoms with Crippen molar-refractivity contribution in [2.45, 2.75) is 136 Å². The lowest BCUT2D eigenvalue weighted by atomic mass is 9.77. The molecule has 2 aliphatic rings. The normalized spacial score (nSPS) is 21.1. The fraction of sp³-hybridized carbons (Fsp3) is 0.489. The smallest absolute Gasteiger partial charge is 0.387 e. The van der Waals surface area contributed by atoms with E-state index >= 15 is 0 Å². The standard InChI is InChI=1S/C47H60O3P2/c1-44(2,3)32-26-36-37-27-33(45(4,5)6)29-39(47(10,11)12)42(37)50-52(49-41(36)38(28-32)46(7,8)9)48-40-30-23-24-31(25-30)43(40)51(34-19-15-13-16-20-34)35-21-17-14-18-22-35/h13-22,26-31,40,43H,23-25H2,1-12H3. The van der Waals surface area contributed by atoms with Gasteiger partial charge in [-0.15, -0.1) is 0 Å². The maximum Gasteiger partial charge on any atom is 0.387 e. The van der Waals surface area contributed by atoms with Gasteiger partial charge in [0, 0.05) is 27.6 Å². The third-order valence-corrected chi connectivity index (χ3v) is 15.6. The Kier molecular flexibility index (Phi) is 9.72. The Morgan fingerprint density at radius 2 is 0.981 bits per heavy atom. The van der Waals surface area contributed by atoms with E-state index in [4.69, 9.17) is 12.9 Å². The van der Waals surface area contributed by atoms with Crippen molar-refractivity contribution >= 4 is 48.7 Å². The molecule has 2 bridgehead atoms. The second-order valence-corrected chi connectivity index (χ2v) is 23.0. The summed E-state index contributed by atoms with van der Waals surface area (Å²) >= 11 is 0. The van der Waals surface area contributed by atoms with Crippen molar-refractivity contribution < 1.29 is 12.9 Å². The Morgan fingerprint density at radius 3 is 1.38 bits per heavy atom. The summed E-state index contributed by atoms with van der Waals surface area (Å²) in [5, 5.41) is 5.10. The number of fused-ring (bicyclic) bond motifs is 5. The first kappa shape index (κ1) is 37.5. The minimum Gasteiger partial charge on any atom is -0.399 e. The molecule has 0 spiro atoms. The van der Waals surface area contributed by atoms with Crippen LogP contribution >= 0.6 is 16.2 Å². The van der Waals surface area contributed by atoms with E-state index in [0.29, 0.717) is 17.5 Å². The van der Waals surface area contributed by atoms with Gasteiger partial charge in [0.1, 0.15) is 11.2 Å². The Balaban J connectivity index is 1.52. The first-order valence-electron chi connectivity index (χ1n) is 19.4. The fourth-order valence-corrected chi connectivity index (χ4v) is 13.2. The maximum atomic E-state index is 7.48. The van der Waals surface area contributed by atoms with Crippen LogP contribution in [0.15, 0.2) is 93.3 Å². The van der Waals surface area contributed by atoms with E-state index in [1.54, 1.807) is 0 Å². The lowest BCUT2D eigenvalue weighted by Gasteiger charge is -2.36. The van der Waals surface area contributed by atoms with Crippen LogP contribution in [0.2, 0.25) is 0 Å². The van der Waals surface area contributed by atoms with E-state index in [0.717, 1.165) is 21.9 Å². The maximum absolute atomic E-state index is 7.48. The van der Waals surface area contributed by atoms with Gasteiger partial charge in [0.2, 0.25) is 0 Å². The highest BCUT2D eigenvalue weighted by Crippen LogP contribution is 2.59. The molecule has 2 aliphatic carbocycles. The molecule has 3 nitrogen and oxygen atoms in total. The topological polar surface area (TPSA) is 35.5 Å². The summed E-state index contributed by atoms with van der Waals surface area (Å²) in [6.07, 6.45) is 3.75. The highest BCUT2D eigenvalue weighted by molar-refractivity contribution is 7.73. The first-order chi connectivity index (χ1) is 24.3. The van der Waals surface area contributed by atoms with E-state index in [9.17, 15) is 0 Å². The molecule has 0 radical (unpaired) electrons. The highest BCUT2D eigenvalue weighted by Gasteiger charge is 2.53. The van der Waals surface area contributed by atoms with Gasteiger partial charge in [-0.1, -0.05) is 156 Å². The van der Waals surface area contributed by atoms with Gasteiger partial charge in [-0.25, -0.2) is 0 Å². The number of rotatable bonds is 5. The minimum atomic E-state index is -1.78. The van der Waals surface area contributed by atoms with Crippen LogP contribution in [0, 0.1) is 11.8 Å². The zero-order valence-electron chi connectivity index (χ0n) is 33.6. The predicted molar refractivity (Wildman–Crippen MR) is 225 cm³/mol. The second-order valence-electron chi connectivity index (χ2n) is 19.6. The van der Waals surface area contributed by atoms with Crippen molar-refractivity contribution in [3.63, 3.8) is 0 Å². The Hall–Kier alpha value is -2.83. The summed E-state index contributed by atoms with van der Waals surface area (Å²) in [6, 6.07) is 32.0. The molecular weight excluding hydrogens is 674 g/mol. The van der Waals surface area contributed by atoms with Gasteiger partial charge in [-0.2, -0.15) is 0 Å². The Morgan fingerprint density at radius 1 is 0.558 bits per heavy atom. The van der Waals surface area contributed by atoms with Crippen LogP contribution in [-0.4, -0.2) is 11.8 Å². The highest BCUT2D eigenvalue weighted by atomic mass is 31.1. The Labute approximate surface area is 315 Å². The number of hydrogen-bond acceptors (Lipinski definition) is 3. The SMILES string of the molecule is CC(C)(C)c1cc(C(C)(C)C)c2op(OC3C4CCC(C4)C3P(c3ccccc3)c3ccccc3)oc3c(C(C)(C)C)cc(C(C)(C)C)cc3c2c1. The monoisotopic (exact) mass is 734 g/mol. The van der Waals surface area contributed by atoms with Crippen molar-refractivity contribution in [3.8, 4) is 0 Å². The van der Waals surface area contributed by atoms with Crippen LogP contribution in [-0.2, 0) is 21.7 Å². The fourth-order valence-electron chi connectivity index (χ4n) is 8.53. The summed E-state index contributed by atoms with van der Waals surface area (Å²) in [5.41, 5.74) is 6.87. The lowest BCUT2D eigenvalue weighted by Crippen LogP contribution is -2.39. The van der Waals surface area contributed by atoms with Crippen molar-refractivity contribution in [1.82, 2.24) is 0 Å². The van der Waals surface area contributed by atoms with E-state index in [-0.39, 0.29) is 27.8 Å². The molecule has 1 aromatic heterocycles. The third kappa shape index (κ3) is 7.20. The van der Waals surface area contributed by atoms with Gasteiger partial charge in [0.05, 0.1) is 6.10 Å². The van der Waals surface area contributed by atoms with Crippen LogP contribution in [0.3, 0.4) is 0 Å². The number of hydrogen-bond donors (Lipinski definition) is 0. The molecule has 4 unspecified atom stereocenters. The van der Waals surface area contributed by atoms with Crippen molar-refractivity contribution in [1.29, 1.82) is 0 Å². The Bertz CT molecular complexity index is 1970. The summed E-state index contributed by atoms with van der Waals surface area (Å²) in [4.78, 5) is 0. The summed E-state index contributed by atoms with van der Waals surface area (Å²) in [6.45, 7) is 27.7. The van der Waals surface area contributed by atoms with Crippen LogP contribution in [0.1, 0.15) is 125 Å². The average Bonchev–Trinajstić information content (AvgIpc) is 3.62. The molecular formula is C47H60O3P2. The molecule has 7 rings (SSSR count). The molecule has 4 aromatic carbocycles. The molecule has 0 amide bonds. The molecule has 0 N–H and O–H groups in total. The molecule has 276 valence electrons. The van der Waals surface area contributed by atoms with Gasteiger partial charge in [-0.05, 0) is 94.5 Å². The molecule has 5 aromatic rings. The molecule has 2 saturated carbocycles. The second kappa shape index (κ2) is 13.5. The third-order valence-electron chi connectivity index (χ3n) is 11.5. The van der Waals surface area contributed by atoms with Crippen molar-refractivity contribution in [3.05, 3.63) is 107 Å². The van der Waals surface area contributed by atoms with Crippen LogP contribution in [0.25, 0.3) is 21.9 Å². The lowest BCUT2D eigenvalue weighted by molar-refractivity contribution is 0.187. The minimum absolute atomic E-state index is 0.0412. The quantitative estimate of drug-likeness (QED) is 0.169. The number of benzene rings is 4. The van der Waals surface area contributed by atoms with Crippen molar-refractivity contribution in [2.75, 3.05) is 0 Å². The largest absolute Gasteiger partial charge is 0.399 e. The summed E-state index contributed by atoms with van der Waals surface area (Å²) < 4.78 is 22.1. The zero-order valence-corrected chi connectivity index (χ0v) is 35.4. The zero-order chi connectivity index (χ0) is 37.4. The van der Waals surface area contributed by atoms with Crippen LogP contribution in [0.4, 0.5) is 0 Å². The van der Waals surface area contributed by atoms with Gasteiger partial charge in [0.15, 0.2) is 0 Å². The summed E-state index contributed by atoms with van der Waals surface area (Å²) in [7, 11) is -2.43. The van der Waals surface area contributed by atoms with E-state index < -0.39 is 16.2 Å². The molecule has 1 heterocycles. The average molecular weight is 735 g/mol. The van der Waals surface area contributed by atoms with E-state index in [1.807, 2.05) is 0 Å². The van der Waals surface area contributed by atoms with Crippen LogP contribution < -0.4 is 15.1 Å². The van der Waals surface area contributed by atoms with Crippen LogP contribution in [0.5, 0.6) is 0 Å². The molecule has 52 heavy (non-hydrogen) atoms. The molecule has 0 aliphatic heterocycles. The van der Waals surface area contributed by atoms with Gasteiger partial charge < -0.3 is 8.39 Å². The van der Waals surface area contributed by atoms with Gasteiger partial charge >= 0.3 is 8.24 Å². The van der Waals surface area contributed by atoms with Gasteiger partial charge in [-0.3, -0.25) is 4.52 Å². The van der Waals surface area contributed by atoms with E-state index in [1.165, 1.54) is 52.1 Å². The van der Waals surface area contributed by atoms with Gasteiger partial charge in [0.25, 0.3) is 0 Å². The summed E-state index contributed by atoms with van der Waals surface area (Å²) in [5.74, 6) is 1.13. The predicted octanol–water partition coefficient (Wildman–Crippen LogP) is 13.2. The molecule has 0 saturated heterocycles. The van der Waals surface area contributed by atoms with Crippen molar-refractivity contribution in [2.24, 2.45) is 11.8 Å². The molecule has 2 fully saturated rings. The molecule has 4 atom stereocenters. The van der Waals surface area contributed by atoms with E-state index in [2.05, 4.69) is 168 Å². The molecule has 5 heteroatoms. The first-order valence-corrected chi connectivity index (χ1v) is 21.9.